The minimum atomic E-state index is -1.33. The summed E-state index contributed by atoms with van der Waals surface area (Å²) in [6.45, 7) is 2.87. The van der Waals surface area contributed by atoms with Crippen LogP contribution in [-0.2, 0) is 6.54 Å². The zero-order chi connectivity index (χ0) is 20.0. The number of fused-ring (bicyclic) bond motifs is 2. The Hall–Kier alpha value is -2.87. The summed E-state index contributed by atoms with van der Waals surface area (Å²) in [5.74, 6) is 0.551. The zero-order valence-corrected chi connectivity index (χ0v) is 16.8. The molecule has 0 bridgehead atoms. The van der Waals surface area contributed by atoms with Crippen molar-refractivity contribution in [3.05, 3.63) is 53.5 Å². The first-order chi connectivity index (χ1) is 14.0. The molecule has 2 aliphatic heterocycles. The number of nitrogens with zero attached hydrogens (tertiary/aromatic N) is 4. The van der Waals surface area contributed by atoms with E-state index in [1.807, 2.05) is 30.3 Å². The van der Waals surface area contributed by atoms with Crippen molar-refractivity contribution in [2.75, 3.05) is 18.4 Å². The maximum atomic E-state index is 14.4. The number of nitrogens with one attached hydrogen (secondary N) is 1. The number of likely N-dealkylation sites (tertiary alicyclic amines) is 1. The van der Waals surface area contributed by atoms with Crippen LogP contribution in [0, 0.1) is 0 Å². The molecule has 1 unspecified atom stereocenters. The van der Waals surface area contributed by atoms with Gasteiger partial charge in [-0.1, -0.05) is 6.07 Å². The number of carbonyl (C=O) groups is 1. The number of hydrogen-bond donors (Lipinski definition) is 1. The number of halogens is 1. The third kappa shape index (κ3) is 3.37. The summed E-state index contributed by atoms with van der Waals surface area (Å²) in [7, 11) is 0. The normalized spacial score (nSPS) is 21.2. The summed E-state index contributed by atoms with van der Waals surface area (Å²) in [5.41, 5.74) is 1.91. The van der Waals surface area contributed by atoms with Gasteiger partial charge in [-0.15, -0.1) is 0 Å². The van der Waals surface area contributed by atoms with Gasteiger partial charge in [0.05, 0.1) is 17.8 Å². The van der Waals surface area contributed by atoms with Crippen LogP contribution in [0.3, 0.4) is 0 Å². The van der Waals surface area contributed by atoms with Crippen LogP contribution in [0.4, 0.5) is 10.1 Å². The number of alkyl halides is 1. The molecule has 1 N–H and O–H groups in total. The zero-order valence-electron chi connectivity index (χ0n) is 16.0. The van der Waals surface area contributed by atoms with Crippen LogP contribution in [-0.4, -0.2) is 44.8 Å². The molecule has 1 aromatic carbocycles. The van der Waals surface area contributed by atoms with Gasteiger partial charge in [-0.05, 0) is 55.6 Å². The molecule has 1 saturated heterocycles. The lowest BCUT2D eigenvalue weighted by molar-refractivity contribution is 0.0415. The Balaban J connectivity index is 1.39. The van der Waals surface area contributed by atoms with Gasteiger partial charge in [0.1, 0.15) is 17.1 Å². The van der Waals surface area contributed by atoms with Crippen LogP contribution >= 0.6 is 11.5 Å². The van der Waals surface area contributed by atoms with Crippen molar-refractivity contribution in [1.29, 1.82) is 0 Å². The van der Waals surface area contributed by atoms with Crippen LogP contribution in [0.5, 0.6) is 0 Å². The van der Waals surface area contributed by atoms with Crippen molar-refractivity contribution in [3.63, 3.8) is 0 Å². The average molecular weight is 409 g/mol. The average Bonchev–Trinajstić information content (AvgIpc) is 3.31. The maximum absolute atomic E-state index is 14.4. The fourth-order valence-electron chi connectivity index (χ4n) is 3.94. The molecule has 3 aromatic rings. The van der Waals surface area contributed by atoms with E-state index in [1.54, 1.807) is 18.0 Å². The van der Waals surface area contributed by atoms with Crippen molar-refractivity contribution in [1.82, 2.24) is 14.3 Å². The van der Waals surface area contributed by atoms with Gasteiger partial charge >= 0.3 is 0 Å². The standard InChI is InChI=1S/C21H20FN5OS/c1-21(22)7-3-9-27(12-21)20(28)18-15-6-5-14(10-16(15)29-26-18)25-19-17-13(11-24-19)4-2-8-23-17/h2,4-6,8,10H,3,7,9,11-12H2,1H3,(H,24,25). The highest BCUT2D eigenvalue weighted by atomic mass is 32.1. The number of rotatable bonds is 2. The van der Waals surface area contributed by atoms with E-state index in [0.717, 1.165) is 32.9 Å². The molecule has 0 aliphatic carbocycles. The van der Waals surface area contributed by atoms with E-state index in [0.29, 0.717) is 31.6 Å². The second-order valence-electron chi connectivity index (χ2n) is 7.79. The SMILES string of the molecule is CC1(F)CCCN(C(=O)c2nsc3cc(NC4=NCc5cccnc54)ccc23)C1. The van der Waals surface area contributed by atoms with Gasteiger partial charge in [0.25, 0.3) is 5.91 Å². The second-order valence-corrected chi connectivity index (χ2v) is 8.59. The highest BCUT2D eigenvalue weighted by molar-refractivity contribution is 7.13. The Morgan fingerprint density at radius 2 is 2.24 bits per heavy atom. The molecule has 4 heterocycles. The molecular formula is C21H20FN5OS. The smallest absolute Gasteiger partial charge is 0.274 e. The molecule has 148 valence electrons. The topological polar surface area (TPSA) is 70.5 Å². The lowest BCUT2D eigenvalue weighted by atomic mass is 9.96. The predicted molar refractivity (Wildman–Crippen MR) is 112 cm³/mol. The first-order valence-electron chi connectivity index (χ1n) is 9.64. The summed E-state index contributed by atoms with van der Waals surface area (Å²) < 4.78 is 19.6. The number of piperidine rings is 1. The van der Waals surface area contributed by atoms with Crippen LogP contribution < -0.4 is 5.32 Å². The first-order valence-corrected chi connectivity index (χ1v) is 10.4. The molecule has 0 radical (unpaired) electrons. The van der Waals surface area contributed by atoms with Crippen LogP contribution in [0.25, 0.3) is 10.1 Å². The highest BCUT2D eigenvalue weighted by Gasteiger charge is 2.34. The largest absolute Gasteiger partial charge is 0.339 e. The van der Waals surface area contributed by atoms with E-state index >= 15 is 0 Å². The Bertz CT molecular complexity index is 1140. The number of amides is 1. The van der Waals surface area contributed by atoms with Gasteiger partial charge in [0, 0.05) is 29.4 Å². The molecule has 6 nitrogen and oxygen atoms in total. The van der Waals surface area contributed by atoms with E-state index in [4.69, 9.17) is 0 Å². The predicted octanol–water partition coefficient (Wildman–Crippen LogP) is 4.03. The van der Waals surface area contributed by atoms with E-state index in [-0.39, 0.29) is 12.5 Å². The fraction of sp³-hybridized carbons (Fsp3) is 0.333. The van der Waals surface area contributed by atoms with Crippen molar-refractivity contribution in [3.8, 4) is 0 Å². The Labute approximate surface area is 171 Å². The third-order valence-corrected chi connectivity index (χ3v) is 6.20. The first kappa shape index (κ1) is 18.2. The fourth-order valence-corrected chi connectivity index (χ4v) is 4.75. The molecular weight excluding hydrogens is 389 g/mol. The molecule has 1 atom stereocenters. The molecule has 0 saturated carbocycles. The molecule has 8 heteroatoms. The summed E-state index contributed by atoms with van der Waals surface area (Å²) in [6.07, 6.45) is 2.92. The monoisotopic (exact) mass is 409 g/mol. The van der Waals surface area contributed by atoms with E-state index in [2.05, 4.69) is 19.7 Å². The number of benzene rings is 1. The summed E-state index contributed by atoms with van der Waals surface area (Å²) in [6, 6.07) is 9.69. The highest BCUT2D eigenvalue weighted by Crippen LogP contribution is 2.30. The third-order valence-electron chi connectivity index (χ3n) is 5.39. The number of pyridine rings is 1. The number of aliphatic imine (C=N–C) groups is 1. The van der Waals surface area contributed by atoms with Gasteiger partial charge in [0.15, 0.2) is 5.84 Å². The second kappa shape index (κ2) is 6.88. The molecule has 1 fully saturated rings. The van der Waals surface area contributed by atoms with Gasteiger partial charge in [0.2, 0.25) is 0 Å². The minimum absolute atomic E-state index is 0.122. The van der Waals surface area contributed by atoms with Crippen LogP contribution in [0.2, 0.25) is 0 Å². The van der Waals surface area contributed by atoms with Crippen LogP contribution in [0.15, 0.2) is 41.5 Å². The molecule has 29 heavy (non-hydrogen) atoms. The van der Waals surface area contributed by atoms with E-state index < -0.39 is 5.67 Å². The number of hydrogen-bond acceptors (Lipinski definition) is 6. The molecule has 2 aliphatic rings. The van der Waals surface area contributed by atoms with Gasteiger partial charge in [-0.25, -0.2) is 4.39 Å². The van der Waals surface area contributed by atoms with Crippen molar-refractivity contribution in [2.24, 2.45) is 4.99 Å². The van der Waals surface area contributed by atoms with Crippen molar-refractivity contribution >= 4 is 39.0 Å². The summed E-state index contributed by atoms with van der Waals surface area (Å²) >= 11 is 1.28. The van der Waals surface area contributed by atoms with Gasteiger partial charge < -0.3 is 10.2 Å². The van der Waals surface area contributed by atoms with Gasteiger partial charge in [-0.3, -0.25) is 14.8 Å². The molecule has 0 spiro atoms. The quantitative estimate of drug-likeness (QED) is 0.694. The summed E-state index contributed by atoms with van der Waals surface area (Å²) in [5, 5.41) is 4.12. The molecule has 1 amide bonds. The van der Waals surface area contributed by atoms with Gasteiger partial charge in [-0.2, -0.15) is 4.37 Å². The lowest BCUT2D eigenvalue weighted by Gasteiger charge is -2.34. The number of aromatic nitrogens is 2. The summed E-state index contributed by atoms with van der Waals surface area (Å²) in [4.78, 5) is 23.4. The number of anilines is 1. The van der Waals surface area contributed by atoms with Crippen molar-refractivity contribution < 1.29 is 9.18 Å². The Kier molecular flexibility index (Phi) is 4.31. The van der Waals surface area contributed by atoms with E-state index in [1.165, 1.54) is 11.5 Å². The van der Waals surface area contributed by atoms with Crippen LogP contribution in [0.1, 0.15) is 41.5 Å². The minimum Gasteiger partial charge on any atom is -0.339 e. The maximum Gasteiger partial charge on any atom is 0.274 e. The molecule has 2 aromatic heterocycles. The lowest BCUT2D eigenvalue weighted by Crippen LogP contribution is -2.46. The van der Waals surface area contributed by atoms with E-state index in [9.17, 15) is 9.18 Å². The Morgan fingerprint density at radius 1 is 1.34 bits per heavy atom. The number of amidine groups is 1. The Morgan fingerprint density at radius 3 is 3.10 bits per heavy atom. The van der Waals surface area contributed by atoms with Crippen molar-refractivity contribution in [2.45, 2.75) is 32.0 Å². The number of carbonyl (C=O) groups excluding carboxylic acids is 1. The molecule has 5 rings (SSSR count).